The second-order valence-electron chi connectivity index (χ2n) is 8.80. The number of likely N-dealkylation sites (tertiary alicyclic amines) is 1. The van der Waals surface area contributed by atoms with Gasteiger partial charge in [0, 0.05) is 29.9 Å². The number of hydrogen-bond donors (Lipinski definition) is 0. The zero-order chi connectivity index (χ0) is 21.7. The molecule has 162 valence electrons. The monoisotopic (exact) mass is 439 g/mol. The summed E-state index contributed by atoms with van der Waals surface area (Å²) in [6.45, 7) is 5.31. The van der Waals surface area contributed by atoms with E-state index in [4.69, 9.17) is 4.98 Å². The number of carbonyl (C=O) groups is 1. The lowest BCUT2D eigenvalue weighted by molar-refractivity contribution is -0.131. The number of fused-ring (bicyclic) bond motifs is 1. The second-order valence-corrected chi connectivity index (χ2v) is 10.0. The van der Waals surface area contributed by atoms with E-state index in [9.17, 15) is 14.0 Å². The van der Waals surface area contributed by atoms with E-state index in [1.807, 2.05) is 23.3 Å². The normalized spacial score (nSPS) is 17.5. The lowest BCUT2D eigenvalue weighted by Crippen LogP contribution is -2.42. The SMILES string of the molecule is Cc1sc2nc(C3CC3)n(C3CCN(C(=O)Cc4ccc(F)cc4)CC3)c(=O)c2c1C. The third-order valence-electron chi connectivity index (χ3n) is 6.66. The molecule has 2 aromatic heterocycles. The number of aryl methyl sites for hydroxylation is 2. The molecule has 1 saturated carbocycles. The minimum atomic E-state index is -0.296. The summed E-state index contributed by atoms with van der Waals surface area (Å²) in [5.41, 5.74) is 1.95. The summed E-state index contributed by atoms with van der Waals surface area (Å²) < 4.78 is 15.1. The second kappa shape index (κ2) is 7.86. The van der Waals surface area contributed by atoms with Gasteiger partial charge in [0.1, 0.15) is 16.5 Å². The molecular weight excluding hydrogens is 413 g/mol. The fraction of sp³-hybridized carbons (Fsp3) is 0.458. The van der Waals surface area contributed by atoms with Gasteiger partial charge in [0.05, 0.1) is 11.8 Å². The van der Waals surface area contributed by atoms with Crippen LogP contribution < -0.4 is 5.56 Å². The standard InChI is InChI=1S/C24H26FN3O2S/c1-14-15(2)31-23-21(14)24(30)28(22(26-23)17-5-6-17)19-9-11-27(12-10-19)20(29)13-16-3-7-18(25)8-4-16/h3-4,7-8,17,19H,5-6,9-13H2,1-2H3. The van der Waals surface area contributed by atoms with Crippen LogP contribution >= 0.6 is 11.3 Å². The Morgan fingerprint density at radius 1 is 1.13 bits per heavy atom. The van der Waals surface area contributed by atoms with Crippen molar-refractivity contribution in [2.45, 2.75) is 57.9 Å². The number of carbonyl (C=O) groups excluding carboxylic acids is 1. The fourth-order valence-electron chi connectivity index (χ4n) is 4.57. The molecule has 0 bridgehead atoms. The van der Waals surface area contributed by atoms with E-state index in [-0.39, 0.29) is 29.7 Å². The van der Waals surface area contributed by atoms with Crippen LogP contribution in [0.15, 0.2) is 29.1 Å². The summed E-state index contributed by atoms with van der Waals surface area (Å²) >= 11 is 1.61. The summed E-state index contributed by atoms with van der Waals surface area (Å²) in [5, 5.41) is 0.765. The van der Waals surface area contributed by atoms with Crippen molar-refractivity contribution in [1.29, 1.82) is 0 Å². The average molecular weight is 440 g/mol. The van der Waals surface area contributed by atoms with Crippen LogP contribution in [-0.2, 0) is 11.2 Å². The number of rotatable bonds is 4. The fourth-order valence-corrected chi connectivity index (χ4v) is 5.59. The number of thiophene rings is 1. The van der Waals surface area contributed by atoms with Gasteiger partial charge in [-0.15, -0.1) is 11.3 Å². The largest absolute Gasteiger partial charge is 0.342 e. The lowest BCUT2D eigenvalue weighted by Gasteiger charge is -2.34. The number of piperidine rings is 1. The number of benzene rings is 1. The van der Waals surface area contributed by atoms with Gasteiger partial charge < -0.3 is 4.90 Å². The Labute approximate surface area is 184 Å². The minimum absolute atomic E-state index is 0.0534. The molecule has 7 heteroatoms. The third-order valence-corrected chi connectivity index (χ3v) is 7.76. The zero-order valence-electron chi connectivity index (χ0n) is 17.9. The van der Waals surface area contributed by atoms with Crippen molar-refractivity contribution in [3.05, 3.63) is 62.3 Å². The average Bonchev–Trinajstić information content (AvgIpc) is 3.56. The van der Waals surface area contributed by atoms with Gasteiger partial charge >= 0.3 is 0 Å². The summed E-state index contributed by atoms with van der Waals surface area (Å²) in [5.74, 6) is 1.08. The maximum atomic E-state index is 13.5. The highest BCUT2D eigenvalue weighted by molar-refractivity contribution is 7.18. The number of nitrogens with zero attached hydrogens (tertiary/aromatic N) is 3. The Balaban J connectivity index is 1.36. The smallest absolute Gasteiger partial charge is 0.262 e. The molecule has 5 rings (SSSR count). The van der Waals surface area contributed by atoms with Crippen LogP contribution in [0.5, 0.6) is 0 Å². The molecule has 0 unspecified atom stereocenters. The molecule has 0 radical (unpaired) electrons. The summed E-state index contributed by atoms with van der Waals surface area (Å²) in [4.78, 5) is 35.1. The van der Waals surface area contributed by atoms with Crippen molar-refractivity contribution in [2.24, 2.45) is 0 Å². The predicted octanol–water partition coefficient (Wildman–Crippen LogP) is 4.50. The van der Waals surface area contributed by atoms with Crippen LogP contribution in [0.25, 0.3) is 10.2 Å². The van der Waals surface area contributed by atoms with Gasteiger partial charge in [0.25, 0.3) is 5.56 Å². The topological polar surface area (TPSA) is 55.2 Å². The van der Waals surface area contributed by atoms with E-state index >= 15 is 0 Å². The Bertz CT molecular complexity index is 1200. The Hall–Kier alpha value is -2.54. The highest BCUT2D eigenvalue weighted by Gasteiger charge is 2.34. The first-order valence-electron chi connectivity index (χ1n) is 11.0. The summed E-state index contributed by atoms with van der Waals surface area (Å²) in [7, 11) is 0. The first kappa shape index (κ1) is 20.4. The van der Waals surface area contributed by atoms with E-state index in [1.54, 1.807) is 23.5 Å². The molecule has 1 saturated heterocycles. The number of aromatic nitrogens is 2. The van der Waals surface area contributed by atoms with E-state index in [0.717, 1.165) is 57.7 Å². The summed E-state index contributed by atoms with van der Waals surface area (Å²) in [6.07, 6.45) is 3.97. The molecule has 0 N–H and O–H groups in total. The van der Waals surface area contributed by atoms with Crippen LogP contribution in [0.3, 0.4) is 0 Å². The van der Waals surface area contributed by atoms with Crippen molar-refractivity contribution in [3.63, 3.8) is 0 Å². The van der Waals surface area contributed by atoms with E-state index in [0.29, 0.717) is 19.0 Å². The molecule has 1 aromatic carbocycles. The van der Waals surface area contributed by atoms with Gasteiger partial charge in [-0.1, -0.05) is 12.1 Å². The maximum Gasteiger partial charge on any atom is 0.262 e. The van der Waals surface area contributed by atoms with Crippen LogP contribution in [0, 0.1) is 19.7 Å². The highest BCUT2D eigenvalue weighted by atomic mass is 32.1. The molecule has 0 atom stereocenters. The lowest BCUT2D eigenvalue weighted by atomic mass is 10.0. The van der Waals surface area contributed by atoms with E-state index < -0.39 is 0 Å². The molecule has 5 nitrogen and oxygen atoms in total. The Morgan fingerprint density at radius 2 is 1.81 bits per heavy atom. The number of halogens is 1. The number of hydrogen-bond acceptors (Lipinski definition) is 4. The molecule has 0 spiro atoms. The van der Waals surface area contributed by atoms with Crippen LogP contribution in [0.2, 0.25) is 0 Å². The van der Waals surface area contributed by atoms with Gasteiger partial charge in [-0.05, 0) is 62.8 Å². The van der Waals surface area contributed by atoms with Crippen LogP contribution in [-0.4, -0.2) is 33.4 Å². The molecule has 1 aliphatic heterocycles. The van der Waals surface area contributed by atoms with Crippen LogP contribution in [0.4, 0.5) is 4.39 Å². The molecule has 3 heterocycles. The van der Waals surface area contributed by atoms with Gasteiger partial charge in [0.2, 0.25) is 5.91 Å². The van der Waals surface area contributed by atoms with Crippen molar-refractivity contribution in [3.8, 4) is 0 Å². The van der Waals surface area contributed by atoms with Gasteiger partial charge in [0.15, 0.2) is 0 Å². The first-order valence-corrected chi connectivity index (χ1v) is 11.8. The molecule has 31 heavy (non-hydrogen) atoms. The summed E-state index contributed by atoms with van der Waals surface area (Å²) in [6, 6.07) is 6.17. The quantitative estimate of drug-likeness (QED) is 0.602. The van der Waals surface area contributed by atoms with Gasteiger partial charge in [-0.2, -0.15) is 0 Å². The molecule has 1 aliphatic carbocycles. The molecular formula is C24H26FN3O2S. The molecule has 3 aromatic rings. The first-order chi connectivity index (χ1) is 14.9. The molecule has 1 amide bonds. The van der Waals surface area contributed by atoms with Crippen molar-refractivity contribution in [1.82, 2.24) is 14.5 Å². The molecule has 2 fully saturated rings. The van der Waals surface area contributed by atoms with Crippen molar-refractivity contribution < 1.29 is 9.18 Å². The maximum absolute atomic E-state index is 13.5. The van der Waals surface area contributed by atoms with Crippen molar-refractivity contribution >= 4 is 27.5 Å². The van der Waals surface area contributed by atoms with Gasteiger partial charge in [-0.25, -0.2) is 9.37 Å². The van der Waals surface area contributed by atoms with Crippen molar-refractivity contribution in [2.75, 3.05) is 13.1 Å². The highest BCUT2D eigenvalue weighted by Crippen LogP contribution is 2.41. The van der Waals surface area contributed by atoms with Crippen LogP contribution in [0.1, 0.15) is 59.5 Å². The zero-order valence-corrected chi connectivity index (χ0v) is 18.7. The van der Waals surface area contributed by atoms with Gasteiger partial charge in [-0.3, -0.25) is 14.2 Å². The number of amides is 1. The predicted molar refractivity (Wildman–Crippen MR) is 120 cm³/mol. The molecule has 2 aliphatic rings. The van der Waals surface area contributed by atoms with E-state index in [1.165, 1.54) is 12.1 Å². The minimum Gasteiger partial charge on any atom is -0.342 e. The van der Waals surface area contributed by atoms with E-state index in [2.05, 4.69) is 0 Å². The third kappa shape index (κ3) is 3.80. The Morgan fingerprint density at radius 3 is 2.45 bits per heavy atom. The Kier molecular flexibility index (Phi) is 5.16.